The summed E-state index contributed by atoms with van der Waals surface area (Å²) in [7, 11) is 0. The molecule has 0 aliphatic heterocycles. The van der Waals surface area contributed by atoms with Crippen LogP contribution in [-0.2, 0) is 6.11 Å². The molecule has 0 saturated heterocycles. The Kier molecular flexibility index (Phi) is 5.40. The molecule has 1 nitrogen and oxygen atoms in total. The van der Waals surface area contributed by atoms with Gasteiger partial charge in [0, 0.05) is 18.2 Å². The highest BCUT2D eigenvalue weighted by Crippen LogP contribution is 2.40. The van der Waals surface area contributed by atoms with Crippen LogP contribution < -0.4 is 4.74 Å². The molecule has 7 heteroatoms. The topological polar surface area (TPSA) is 9.23 Å². The van der Waals surface area contributed by atoms with E-state index in [1.54, 1.807) is 0 Å². The van der Waals surface area contributed by atoms with Gasteiger partial charge in [0.1, 0.15) is 34.6 Å². The van der Waals surface area contributed by atoms with Gasteiger partial charge in [-0.3, -0.25) is 0 Å². The van der Waals surface area contributed by atoms with Gasteiger partial charge in [0.15, 0.2) is 0 Å². The van der Waals surface area contributed by atoms with Gasteiger partial charge in [-0.25, -0.2) is 17.6 Å². The van der Waals surface area contributed by atoms with Crippen LogP contribution in [0.3, 0.4) is 0 Å². The van der Waals surface area contributed by atoms with Crippen LogP contribution in [0.25, 0.3) is 0 Å². The molecule has 1 aliphatic rings. The van der Waals surface area contributed by atoms with Gasteiger partial charge in [-0.05, 0) is 42.4 Å². The van der Waals surface area contributed by atoms with Gasteiger partial charge < -0.3 is 4.74 Å². The first-order valence-electron chi connectivity index (χ1n) is 8.68. The molecule has 146 valence electrons. The van der Waals surface area contributed by atoms with Crippen molar-refractivity contribution in [2.45, 2.75) is 44.6 Å². The highest BCUT2D eigenvalue weighted by atomic mass is 19.3. The van der Waals surface area contributed by atoms with Gasteiger partial charge in [-0.2, -0.15) is 8.78 Å². The maximum atomic E-state index is 14.4. The van der Waals surface area contributed by atoms with Crippen molar-refractivity contribution in [1.82, 2.24) is 0 Å². The third-order valence-electron chi connectivity index (χ3n) is 4.92. The summed E-state index contributed by atoms with van der Waals surface area (Å²) in [5.74, 6) is -5.64. The van der Waals surface area contributed by atoms with Crippen LogP contribution in [-0.4, -0.2) is 0 Å². The van der Waals surface area contributed by atoms with E-state index in [4.69, 9.17) is 0 Å². The fraction of sp³-hybridized carbons (Fsp3) is 0.400. The van der Waals surface area contributed by atoms with Crippen molar-refractivity contribution in [3.05, 3.63) is 64.7 Å². The smallest absolute Gasteiger partial charge is 0.429 e. The molecule has 0 radical (unpaired) electrons. The summed E-state index contributed by atoms with van der Waals surface area (Å²) in [6, 6.07) is 3.26. The van der Waals surface area contributed by atoms with Crippen molar-refractivity contribution in [3.63, 3.8) is 0 Å². The number of benzene rings is 2. The first kappa shape index (κ1) is 19.6. The van der Waals surface area contributed by atoms with Crippen molar-refractivity contribution in [3.8, 4) is 5.75 Å². The normalized spacial score (nSPS) is 20.6. The minimum absolute atomic E-state index is 0.0916. The predicted octanol–water partition coefficient (Wildman–Crippen LogP) is 6.67. The first-order chi connectivity index (χ1) is 12.7. The Balaban J connectivity index is 1.88. The Morgan fingerprint density at radius 1 is 0.815 bits per heavy atom. The number of ether oxygens (including phenoxy) is 1. The molecule has 0 amide bonds. The quantitative estimate of drug-likeness (QED) is 0.532. The average molecular weight is 388 g/mol. The minimum atomic E-state index is -4.44. The molecule has 3 rings (SSSR count). The highest BCUT2D eigenvalue weighted by Gasteiger charge is 2.41. The molecule has 0 spiro atoms. The number of rotatable bonds is 4. The summed E-state index contributed by atoms with van der Waals surface area (Å²) in [6.07, 6.45) is -1.17. The second-order valence-corrected chi connectivity index (χ2v) is 7.04. The summed E-state index contributed by atoms with van der Waals surface area (Å²) in [5.41, 5.74) is -1.26. The van der Waals surface area contributed by atoms with E-state index in [0.717, 1.165) is 37.8 Å². The van der Waals surface area contributed by atoms with E-state index in [2.05, 4.69) is 11.7 Å². The van der Waals surface area contributed by atoms with Crippen LogP contribution >= 0.6 is 0 Å². The second kappa shape index (κ2) is 7.44. The molecule has 1 fully saturated rings. The van der Waals surface area contributed by atoms with Crippen molar-refractivity contribution in [2.75, 3.05) is 0 Å². The summed E-state index contributed by atoms with van der Waals surface area (Å²) >= 11 is 0. The van der Waals surface area contributed by atoms with E-state index in [1.165, 1.54) is 0 Å². The fourth-order valence-corrected chi connectivity index (χ4v) is 3.49. The fourth-order valence-electron chi connectivity index (χ4n) is 3.49. The first-order valence-corrected chi connectivity index (χ1v) is 8.68. The lowest BCUT2D eigenvalue weighted by Gasteiger charge is -2.27. The zero-order valence-electron chi connectivity index (χ0n) is 14.5. The SMILES string of the molecule is CC1CCC(c2cc(F)c(C(F)(F)Oc3cc(F)cc(F)c3)c(F)c2)CC1. The third kappa shape index (κ3) is 4.39. The Labute approximate surface area is 153 Å². The molecule has 0 N–H and O–H groups in total. The number of hydrogen-bond acceptors (Lipinski definition) is 1. The standard InChI is InChI=1S/C20H18F6O/c1-11-2-4-12(5-3-11)13-6-17(23)19(18(24)7-13)20(25,26)27-16-9-14(21)8-15(22)10-16/h6-12H,2-5H2,1H3. The molecule has 1 aliphatic carbocycles. The molecular weight excluding hydrogens is 370 g/mol. The van der Waals surface area contributed by atoms with Gasteiger partial charge >= 0.3 is 6.11 Å². The van der Waals surface area contributed by atoms with E-state index in [9.17, 15) is 26.3 Å². The summed E-state index contributed by atoms with van der Waals surface area (Å²) in [4.78, 5) is 0. The van der Waals surface area contributed by atoms with E-state index >= 15 is 0 Å². The summed E-state index contributed by atoms with van der Waals surface area (Å²) in [6.45, 7) is 2.09. The maximum Gasteiger partial charge on any atom is 0.432 e. The lowest BCUT2D eigenvalue weighted by atomic mass is 9.79. The Morgan fingerprint density at radius 2 is 1.33 bits per heavy atom. The Hall–Kier alpha value is -2.18. The monoisotopic (exact) mass is 388 g/mol. The molecule has 0 unspecified atom stereocenters. The molecule has 1 saturated carbocycles. The van der Waals surface area contributed by atoms with Crippen molar-refractivity contribution < 1.29 is 31.1 Å². The lowest BCUT2D eigenvalue weighted by Crippen LogP contribution is -2.26. The molecule has 0 aromatic heterocycles. The lowest BCUT2D eigenvalue weighted by molar-refractivity contribution is -0.189. The summed E-state index contributed by atoms with van der Waals surface area (Å²) < 4.78 is 87.8. The van der Waals surface area contributed by atoms with Crippen molar-refractivity contribution in [1.29, 1.82) is 0 Å². The van der Waals surface area contributed by atoms with Gasteiger partial charge in [0.2, 0.25) is 0 Å². The molecule has 0 atom stereocenters. The second-order valence-electron chi connectivity index (χ2n) is 7.04. The van der Waals surface area contributed by atoms with Crippen LogP contribution in [0.1, 0.15) is 49.7 Å². The Bertz CT molecular complexity index is 784. The van der Waals surface area contributed by atoms with Crippen LogP contribution in [0.2, 0.25) is 0 Å². The van der Waals surface area contributed by atoms with E-state index < -0.39 is 40.7 Å². The zero-order chi connectivity index (χ0) is 19.8. The molecule has 0 heterocycles. The van der Waals surface area contributed by atoms with Crippen molar-refractivity contribution in [2.24, 2.45) is 5.92 Å². The minimum Gasteiger partial charge on any atom is -0.429 e. The van der Waals surface area contributed by atoms with Crippen LogP contribution in [0.4, 0.5) is 26.3 Å². The molecular formula is C20H18F6O. The molecule has 0 bridgehead atoms. The van der Waals surface area contributed by atoms with E-state index in [-0.39, 0.29) is 5.92 Å². The van der Waals surface area contributed by atoms with Crippen LogP contribution in [0, 0.1) is 29.2 Å². The zero-order valence-corrected chi connectivity index (χ0v) is 14.5. The maximum absolute atomic E-state index is 14.4. The molecule has 27 heavy (non-hydrogen) atoms. The Morgan fingerprint density at radius 3 is 1.85 bits per heavy atom. The molecule has 2 aromatic rings. The average Bonchev–Trinajstić information content (AvgIpc) is 2.52. The number of hydrogen-bond donors (Lipinski definition) is 0. The number of alkyl halides is 2. The van der Waals surface area contributed by atoms with Crippen LogP contribution in [0.15, 0.2) is 30.3 Å². The van der Waals surface area contributed by atoms with Crippen LogP contribution in [0.5, 0.6) is 5.75 Å². The van der Waals surface area contributed by atoms with Gasteiger partial charge in [-0.1, -0.05) is 19.8 Å². The molecule has 2 aromatic carbocycles. The highest BCUT2D eigenvalue weighted by molar-refractivity contribution is 5.32. The van der Waals surface area contributed by atoms with Crippen molar-refractivity contribution >= 4 is 0 Å². The van der Waals surface area contributed by atoms with Gasteiger partial charge in [0.25, 0.3) is 0 Å². The number of halogens is 6. The van der Waals surface area contributed by atoms with Gasteiger partial charge in [-0.15, -0.1) is 0 Å². The third-order valence-corrected chi connectivity index (χ3v) is 4.92. The predicted molar refractivity (Wildman–Crippen MR) is 87.6 cm³/mol. The van der Waals surface area contributed by atoms with E-state index in [1.807, 2.05) is 0 Å². The van der Waals surface area contributed by atoms with Gasteiger partial charge in [0.05, 0.1) is 0 Å². The summed E-state index contributed by atoms with van der Waals surface area (Å²) in [5, 5.41) is 0. The van der Waals surface area contributed by atoms with E-state index in [0.29, 0.717) is 29.7 Å². The largest absolute Gasteiger partial charge is 0.432 e.